The smallest absolute Gasteiger partial charge is 0.257 e. The van der Waals surface area contributed by atoms with Crippen molar-refractivity contribution >= 4 is 87.1 Å². The minimum Gasteiger partial charge on any atom is -0.443 e. The summed E-state index contributed by atoms with van der Waals surface area (Å²) < 4.78 is 35.8. The normalized spacial score (nSPS) is 13.8. The molecule has 1 aliphatic rings. The Labute approximate surface area is 416 Å². The van der Waals surface area contributed by atoms with Crippen LogP contribution in [0.15, 0.2) is 129 Å². The summed E-state index contributed by atoms with van der Waals surface area (Å²) in [5, 5.41) is 25.5. The van der Waals surface area contributed by atoms with Crippen molar-refractivity contribution in [1.29, 1.82) is 0 Å². The fourth-order valence-electron chi connectivity index (χ4n) is 7.80. The predicted molar refractivity (Wildman–Crippen MR) is 276 cm³/mol. The Morgan fingerprint density at radius 1 is 0.662 bits per heavy atom. The van der Waals surface area contributed by atoms with E-state index in [0.29, 0.717) is 28.2 Å². The molecule has 0 aliphatic heterocycles. The second-order valence-electron chi connectivity index (χ2n) is 17.2. The van der Waals surface area contributed by atoms with Gasteiger partial charge in [0.1, 0.15) is 57.7 Å². The van der Waals surface area contributed by atoms with E-state index in [0.717, 1.165) is 95.6 Å². The molecule has 3 unspecified atom stereocenters. The minimum absolute atomic E-state index is 0.00612. The van der Waals surface area contributed by atoms with E-state index in [4.69, 9.17) is 8.94 Å². The van der Waals surface area contributed by atoms with Crippen molar-refractivity contribution in [1.82, 2.24) is 54.6 Å². The van der Waals surface area contributed by atoms with Gasteiger partial charge in [-0.25, -0.2) is 42.8 Å². The number of nitrogens with one attached hydrogen (secondary N) is 3. The summed E-state index contributed by atoms with van der Waals surface area (Å²) in [7, 11) is -3.17. The van der Waals surface area contributed by atoms with Crippen LogP contribution in [0.2, 0.25) is 0 Å². The second-order valence-corrected chi connectivity index (χ2v) is 21.0. The van der Waals surface area contributed by atoms with Gasteiger partial charge in [0, 0.05) is 36.0 Å². The molecule has 0 saturated heterocycles. The molecule has 18 nitrogen and oxygen atoms in total. The molecule has 0 radical (unpaired) electrons. The van der Waals surface area contributed by atoms with Gasteiger partial charge in [-0.3, -0.25) is 0 Å². The number of fused-ring (bicyclic) bond motifs is 4. The Kier molecular flexibility index (Phi) is 13.2. The first-order chi connectivity index (χ1) is 34.3. The van der Waals surface area contributed by atoms with Gasteiger partial charge in [-0.15, -0.1) is 22.7 Å². The third kappa shape index (κ3) is 10.7. The van der Waals surface area contributed by atoms with Gasteiger partial charge >= 0.3 is 0 Å². The molecule has 0 spiro atoms. The summed E-state index contributed by atoms with van der Waals surface area (Å²) in [5.41, 5.74) is 5.63. The third-order valence-corrected chi connectivity index (χ3v) is 14.6. The minimum atomic E-state index is -3.17. The van der Waals surface area contributed by atoms with Crippen LogP contribution < -0.4 is 16.0 Å². The number of sulfone groups is 1. The van der Waals surface area contributed by atoms with Gasteiger partial charge in [0.25, 0.3) is 5.89 Å². The zero-order valence-electron chi connectivity index (χ0n) is 39.5. The highest BCUT2D eigenvalue weighted by Crippen LogP contribution is 2.39. The number of benzene rings is 2. The highest BCUT2D eigenvalue weighted by molar-refractivity contribution is 7.90. The van der Waals surface area contributed by atoms with E-state index in [1.807, 2.05) is 92.3 Å². The number of nitrogens with zero attached hydrogens (tertiary/aromatic N) is 11. The average Bonchev–Trinajstić information content (AvgIpc) is 3.95. The first-order valence-corrected chi connectivity index (χ1v) is 26.4. The molecule has 3 N–H and O–H groups in total. The van der Waals surface area contributed by atoms with Gasteiger partial charge in [0.15, 0.2) is 21.3 Å². The number of pyridine rings is 1. The Morgan fingerprint density at radius 3 is 1.87 bits per heavy atom. The number of hydrogen-bond acceptors (Lipinski definition) is 19. The molecule has 71 heavy (non-hydrogen) atoms. The van der Waals surface area contributed by atoms with E-state index in [-0.39, 0.29) is 18.1 Å². The summed E-state index contributed by atoms with van der Waals surface area (Å²) in [4.78, 5) is 37.0. The van der Waals surface area contributed by atoms with Crippen molar-refractivity contribution in [3.05, 3.63) is 149 Å². The van der Waals surface area contributed by atoms with Crippen molar-refractivity contribution < 1.29 is 17.4 Å². The number of anilines is 3. The van der Waals surface area contributed by atoms with E-state index in [2.05, 4.69) is 92.1 Å². The highest BCUT2D eigenvalue weighted by atomic mass is 32.2. The van der Waals surface area contributed by atoms with Gasteiger partial charge in [0.2, 0.25) is 5.71 Å². The number of hydrogen-bond donors (Lipinski definition) is 3. The summed E-state index contributed by atoms with van der Waals surface area (Å²) >= 11 is 3.19. The van der Waals surface area contributed by atoms with Gasteiger partial charge < -0.3 is 24.9 Å². The van der Waals surface area contributed by atoms with Gasteiger partial charge in [0.05, 0.1) is 27.1 Å². The lowest BCUT2D eigenvalue weighted by Crippen LogP contribution is -2.09. The Bertz CT molecular complexity index is 3730. The summed E-state index contributed by atoms with van der Waals surface area (Å²) in [5.74, 6) is 5.81. The third-order valence-electron chi connectivity index (χ3n) is 11.9. The SMILES string of the molecule is CC(Nc1ncnc2sccc12)c1ccc(S(C)(=O)=O)cc1.CC(Nc1ncnc2sccc12)c1ccc2ncnn2c1.Cc1nc(NC(C)c2ccc(-c3nc(C4CC4)no3)cc2)c2cc(C)oc2n1. The molecule has 1 saturated carbocycles. The molecule has 9 heterocycles. The fourth-order valence-corrected chi connectivity index (χ4v) is 9.90. The van der Waals surface area contributed by atoms with Crippen LogP contribution in [0.5, 0.6) is 0 Å². The number of thiophene rings is 2. The van der Waals surface area contributed by atoms with E-state index in [1.54, 1.807) is 58.3 Å². The lowest BCUT2D eigenvalue weighted by Gasteiger charge is -2.16. The van der Waals surface area contributed by atoms with Crippen LogP contribution in [0.4, 0.5) is 17.5 Å². The summed E-state index contributed by atoms with van der Waals surface area (Å²) in [6.07, 6.45) is 10.2. The molecule has 1 fully saturated rings. The Morgan fingerprint density at radius 2 is 1.25 bits per heavy atom. The van der Waals surface area contributed by atoms with E-state index in [9.17, 15) is 8.42 Å². The van der Waals surface area contributed by atoms with Crippen LogP contribution in [0, 0.1) is 13.8 Å². The van der Waals surface area contributed by atoms with Crippen LogP contribution in [0.3, 0.4) is 0 Å². The molecule has 11 aromatic rings. The number of aryl methyl sites for hydroxylation is 2. The number of rotatable bonds is 12. The lowest BCUT2D eigenvalue weighted by atomic mass is 10.1. The van der Waals surface area contributed by atoms with Gasteiger partial charge in [-0.1, -0.05) is 35.5 Å². The van der Waals surface area contributed by atoms with E-state index >= 15 is 0 Å². The largest absolute Gasteiger partial charge is 0.443 e. The number of aromatic nitrogens is 11. The van der Waals surface area contributed by atoms with Crippen molar-refractivity contribution in [2.75, 3.05) is 22.2 Å². The lowest BCUT2D eigenvalue weighted by molar-refractivity contribution is 0.422. The fraction of sp³-hybridized carbons (Fsp3) is 0.240. The van der Waals surface area contributed by atoms with E-state index in [1.165, 1.54) is 6.26 Å². The highest BCUT2D eigenvalue weighted by Gasteiger charge is 2.29. The molecule has 0 amide bonds. The van der Waals surface area contributed by atoms with Gasteiger partial charge in [-0.05, 0) is 123 Å². The van der Waals surface area contributed by atoms with Crippen LogP contribution in [0.1, 0.15) is 91.8 Å². The van der Waals surface area contributed by atoms with Crippen LogP contribution in [-0.4, -0.2) is 69.3 Å². The second kappa shape index (κ2) is 19.9. The topological polar surface area (TPSA) is 230 Å². The van der Waals surface area contributed by atoms with E-state index < -0.39 is 9.84 Å². The number of furan rings is 1. The maximum absolute atomic E-state index is 11.5. The average molecular weight is 1010 g/mol. The standard InChI is InChI=1S/C21H21N5O2.C15H15N3O2S2.C14H12N6S/c1-11-10-17-19(23-13(3)24-21(17)27-11)22-12(2)14-4-8-16(9-5-14)20-25-18(26-28-20)15-6-7-15;1-10(11-3-5-12(6-4-11)22(2,19)20)18-14-13-7-8-21-15(13)17-9-16-14;1-9(10-2-3-12-15-8-18-20(12)6-10)19-13-11-4-5-21-14(11)17-7-16-13/h4-5,8-10,12,15H,6-7H2,1-3H3,(H,22,23,24);3-10H,1-2H3,(H,16,17,18);2-9H,1H3,(H,16,17,19). The Hall–Kier alpha value is -7.75. The first-order valence-electron chi connectivity index (χ1n) is 22.8. The monoisotopic (exact) mass is 1000 g/mol. The molecule has 0 bridgehead atoms. The van der Waals surface area contributed by atoms with Crippen molar-refractivity contribution in [2.45, 2.75) is 76.4 Å². The van der Waals surface area contributed by atoms with Crippen molar-refractivity contribution in [3.63, 3.8) is 0 Å². The maximum atomic E-state index is 11.5. The quantitative estimate of drug-likeness (QED) is 0.103. The maximum Gasteiger partial charge on any atom is 0.257 e. The van der Waals surface area contributed by atoms with Crippen molar-refractivity contribution in [2.24, 2.45) is 0 Å². The Balaban J connectivity index is 0.000000125. The molecule has 1 aliphatic carbocycles. The molecule has 2 aromatic carbocycles. The zero-order valence-corrected chi connectivity index (χ0v) is 41.9. The van der Waals surface area contributed by atoms with Gasteiger partial charge in [-0.2, -0.15) is 15.1 Å². The van der Waals surface area contributed by atoms with Crippen LogP contribution in [0.25, 0.3) is 48.6 Å². The zero-order chi connectivity index (χ0) is 49.2. The van der Waals surface area contributed by atoms with Crippen molar-refractivity contribution in [3.8, 4) is 11.5 Å². The summed E-state index contributed by atoms with van der Waals surface area (Å²) in [6.45, 7) is 9.98. The molecular weight excluding hydrogens is 957 g/mol. The molecule has 12 rings (SSSR count). The summed E-state index contributed by atoms with van der Waals surface area (Å²) in [6, 6.07) is 25.2. The molecule has 3 atom stereocenters. The molecule has 9 aromatic heterocycles. The first kappa shape index (κ1) is 47.0. The molecular formula is C50H48N14O4S3. The van der Waals surface area contributed by atoms with Crippen LogP contribution in [-0.2, 0) is 9.84 Å². The molecule has 360 valence electrons. The molecule has 21 heteroatoms. The predicted octanol–water partition coefficient (Wildman–Crippen LogP) is 11.1. The van der Waals surface area contributed by atoms with Crippen LogP contribution >= 0.6 is 22.7 Å².